The molecular weight excluding hydrogens is 232 g/mol. The van der Waals surface area contributed by atoms with Crippen molar-refractivity contribution in [1.82, 2.24) is 0 Å². The van der Waals surface area contributed by atoms with Crippen LogP contribution in [0.5, 0.6) is 0 Å². The normalized spacial score (nSPS) is 9.72. The van der Waals surface area contributed by atoms with Gasteiger partial charge in [-0.2, -0.15) is 0 Å². The average molecular weight is 250 g/mol. The molecule has 0 fully saturated rings. The van der Waals surface area contributed by atoms with Crippen molar-refractivity contribution in [1.29, 1.82) is 0 Å². The number of amides is 2. The molecule has 0 saturated carbocycles. The third kappa shape index (κ3) is 3.76. The fourth-order valence-corrected chi connectivity index (χ4v) is 1.42. The van der Waals surface area contributed by atoms with E-state index in [9.17, 15) is 9.59 Å². The summed E-state index contributed by atoms with van der Waals surface area (Å²) in [6.45, 7) is 5.67. The number of carbonyl (C=O) groups is 2. The molecule has 1 rings (SSSR count). The summed E-state index contributed by atoms with van der Waals surface area (Å²) in [4.78, 5) is 22.7. The molecule has 2 amide bonds. The predicted molar refractivity (Wildman–Crippen MR) is 70.7 cm³/mol. The largest absolute Gasteiger partial charge is 0.450 e. The van der Waals surface area contributed by atoms with Crippen LogP contribution in [0.4, 0.5) is 16.2 Å². The zero-order valence-electron chi connectivity index (χ0n) is 10.9. The molecule has 0 spiro atoms. The topological polar surface area (TPSA) is 67.4 Å². The minimum Gasteiger partial charge on any atom is -0.450 e. The highest BCUT2D eigenvalue weighted by atomic mass is 16.5. The van der Waals surface area contributed by atoms with Crippen molar-refractivity contribution in [2.45, 2.75) is 27.2 Å². The van der Waals surface area contributed by atoms with Crippen LogP contribution in [-0.4, -0.2) is 18.6 Å². The Morgan fingerprint density at radius 2 is 1.78 bits per heavy atom. The first-order valence-corrected chi connectivity index (χ1v) is 5.91. The molecule has 0 bridgehead atoms. The summed E-state index contributed by atoms with van der Waals surface area (Å²) in [5.74, 6) is -0.0635. The maximum absolute atomic E-state index is 11.3. The van der Waals surface area contributed by atoms with E-state index in [1.165, 1.54) is 0 Å². The Balaban J connectivity index is 2.84. The highest BCUT2D eigenvalue weighted by molar-refractivity contribution is 5.93. The quantitative estimate of drug-likeness (QED) is 0.863. The Hall–Kier alpha value is -2.04. The minimum absolute atomic E-state index is 0.0635. The van der Waals surface area contributed by atoms with Crippen LogP contribution in [0.2, 0.25) is 0 Å². The Labute approximate surface area is 107 Å². The number of hydrogen-bond donors (Lipinski definition) is 2. The van der Waals surface area contributed by atoms with Gasteiger partial charge in [0.15, 0.2) is 0 Å². The molecule has 98 valence electrons. The molecule has 0 aliphatic heterocycles. The molecule has 5 nitrogen and oxygen atoms in total. The maximum Gasteiger partial charge on any atom is 0.411 e. The summed E-state index contributed by atoms with van der Waals surface area (Å²) in [5.41, 5.74) is 2.12. The Bertz CT molecular complexity index is 444. The number of rotatable bonds is 4. The molecule has 0 aromatic heterocycles. The standard InChI is InChI=1S/C13H18N2O3/c1-4-12(16)14-10-7-6-8-11(9(10)3)15-13(17)18-5-2/h6-8H,4-5H2,1-3H3,(H,14,16)(H,15,17). The van der Waals surface area contributed by atoms with Gasteiger partial charge in [0.2, 0.25) is 5.91 Å². The monoisotopic (exact) mass is 250 g/mol. The first kappa shape index (κ1) is 14.0. The second kappa shape index (κ2) is 6.64. The van der Waals surface area contributed by atoms with Gasteiger partial charge in [-0.3, -0.25) is 10.1 Å². The van der Waals surface area contributed by atoms with Crippen molar-refractivity contribution in [3.8, 4) is 0 Å². The lowest BCUT2D eigenvalue weighted by molar-refractivity contribution is -0.115. The molecule has 0 aliphatic rings. The second-order valence-corrected chi connectivity index (χ2v) is 3.73. The SMILES string of the molecule is CCOC(=O)Nc1cccc(NC(=O)CC)c1C. The van der Waals surface area contributed by atoms with E-state index in [-0.39, 0.29) is 5.91 Å². The number of ether oxygens (including phenoxy) is 1. The summed E-state index contributed by atoms with van der Waals surface area (Å²) in [6, 6.07) is 5.31. The fraction of sp³-hybridized carbons (Fsp3) is 0.385. The van der Waals surface area contributed by atoms with Crippen molar-refractivity contribution in [2.75, 3.05) is 17.2 Å². The molecule has 0 aliphatic carbocycles. The molecule has 0 saturated heterocycles. The number of anilines is 2. The van der Waals surface area contributed by atoms with E-state index in [0.29, 0.717) is 24.4 Å². The van der Waals surface area contributed by atoms with Gasteiger partial charge >= 0.3 is 6.09 Å². The Kier molecular flexibility index (Phi) is 5.17. The van der Waals surface area contributed by atoms with Gasteiger partial charge in [0.05, 0.1) is 6.61 Å². The zero-order chi connectivity index (χ0) is 13.5. The third-order valence-corrected chi connectivity index (χ3v) is 2.44. The van der Waals surface area contributed by atoms with Crippen molar-refractivity contribution in [3.63, 3.8) is 0 Å². The molecule has 0 atom stereocenters. The summed E-state index contributed by atoms with van der Waals surface area (Å²) in [6.07, 6.45) is -0.0887. The first-order valence-electron chi connectivity index (χ1n) is 5.91. The molecule has 0 unspecified atom stereocenters. The van der Waals surface area contributed by atoms with Crippen molar-refractivity contribution in [2.24, 2.45) is 0 Å². The van der Waals surface area contributed by atoms with Crippen molar-refractivity contribution in [3.05, 3.63) is 23.8 Å². The molecule has 18 heavy (non-hydrogen) atoms. The van der Waals surface area contributed by atoms with Crippen LogP contribution in [0, 0.1) is 6.92 Å². The van der Waals surface area contributed by atoms with E-state index in [0.717, 1.165) is 5.56 Å². The number of benzene rings is 1. The number of carbonyl (C=O) groups excluding carboxylic acids is 2. The lowest BCUT2D eigenvalue weighted by Gasteiger charge is -2.12. The Morgan fingerprint density at radius 3 is 2.33 bits per heavy atom. The molecule has 2 N–H and O–H groups in total. The lowest BCUT2D eigenvalue weighted by Crippen LogP contribution is -2.15. The van der Waals surface area contributed by atoms with Gasteiger partial charge in [-0.05, 0) is 31.5 Å². The molecule has 5 heteroatoms. The highest BCUT2D eigenvalue weighted by Crippen LogP contribution is 2.23. The molecule has 0 radical (unpaired) electrons. The van der Waals surface area contributed by atoms with Gasteiger partial charge in [0, 0.05) is 17.8 Å². The van der Waals surface area contributed by atoms with Crippen LogP contribution in [-0.2, 0) is 9.53 Å². The minimum atomic E-state index is -0.500. The molecule has 1 aromatic carbocycles. The van der Waals surface area contributed by atoms with Gasteiger partial charge in [0.1, 0.15) is 0 Å². The lowest BCUT2D eigenvalue weighted by atomic mass is 10.1. The van der Waals surface area contributed by atoms with Gasteiger partial charge < -0.3 is 10.1 Å². The highest BCUT2D eigenvalue weighted by Gasteiger charge is 2.09. The molecule has 0 heterocycles. The van der Waals surface area contributed by atoms with Gasteiger partial charge in [0.25, 0.3) is 0 Å². The summed E-state index contributed by atoms with van der Waals surface area (Å²) >= 11 is 0. The van der Waals surface area contributed by atoms with E-state index in [2.05, 4.69) is 10.6 Å². The zero-order valence-corrected chi connectivity index (χ0v) is 10.9. The van der Waals surface area contributed by atoms with E-state index in [1.807, 2.05) is 6.92 Å². The van der Waals surface area contributed by atoms with E-state index in [1.54, 1.807) is 32.0 Å². The van der Waals surface area contributed by atoms with Crippen LogP contribution in [0.15, 0.2) is 18.2 Å². The van der Waals surface area contributed by atoms with Crippen molar-refractivity contribution < 1.29 is 14.3 Å². The predicted octanol–water partition coefficient (Wildman–Crippen LogP) is 2.91. The van der Waals surface area contributed by atoms with Crippen molar-refractivity contribution >= 4 is 23.4 Å². The smallest absolute Gasteiger partial charge is 0.411 e. The summed E-state index contributed by atoms with van der Waals surface area (Å²) < 4.78 is 4.81. The van der Waals surface area contributed by atoms with Crippen LogP contribution < -0.4 is 10.6 Å². The van der Waals surface area contributed by atoms with Gasteiger partial charge in [-0.1, -0.05) is 13.0 Å². The Morgan fingerprint density at radius 1 is 1.17 bits per heavy atom. The summed E-state index contributed by atoms with van der Waals surface area (Å²) in [5, 5.41) is 5.40. The van der Waals surface area contributed by atoms with Crippen LogP contribution in [0.3, 0.4) is 0 Å². The van der Waals surface area contributed by atoms with E-state index in [4.69, 9.17) is 4.74 Å². The number of hydrogen-bond acceptors (Lipinski definition) is 3. The van der Waals surface area contributed by atoms with E-state index < -0.39 is 6.09 Å². The van der Waals surface area contributed by atoms with Crippen LogP contribution >= 0.6 is 0 Å². The number of nitrogens with one attached hydrogen (secondary N) is 2. The maximum atomic E-state index is 11.3. The van der Waals surface area contributed by atoms with Gasteiger partial charge in [-0.25, -0.2) is 4.79 Å². The van der Waals surface area contributed by atoms with Gasteiger partial charge in [-0.15, -0.1) is 0 Å². The fourth-order valence-electron chi connectivity index (χ4n) is 1.42. The third-order valence-electron chi connectivity index (χ3n) is 2.44. The van der Waals surface area contributed by atoms with Crippen LogP contribution in [0.1, 0.15) is 25.8 Å². The van der Waals surface area contributed by atoms with E-state index >= 15 is 0 Å². The molecular formula is C13H18N2O3. The van der Waals surface area contributed by atoms with Crippen LogP contribution in [0.25, 0.3) is 0 Å². The first-order chi connectivity index (χ1) is 8.58. The summed E-state index contributed by atoms with van der Waals surface area (Å²) in [7, 11) is 0. The molecule has 1 aromatic rings. The average Bonchev–Trinajstić information content (AvgIpc) is 2.34. The second-order valence-electron chi connectivity index (χ2n) is 3.73.